The number of methoxy groups -OCH3 is 1. The van der Waals surface area contributed by atoms with Gasteiger partial charge in [-0.05, 0) is 18.2 Å². The van der Waals surface area contributed by atoms with E-state index in [1.54, 1.807) is 18.2 Å². The van der Waals surface area contributed by atoms with Gasteiger partial charge in [-0.3, -0.25) is 9.78 Å². The molecule has 2 N–H and O–H groups in total. The normalized spacial score (nSPS) is 10.0. The van der Waals surface area contributed by atoms with Crippen LogP contribution < -0.4 is 10.1 Å². The first kappa shape index (κ1) is 13.2. The lowest BCUT2D eigenvalue weighted by atomic mass is 10.1. The maximum Gasteiger partial charge on any atom is 0.259 e. The summed E-state index contributed by atoms with van der Waals surface area (Å²) in [6.07, 6.45) is 2.94. The molecule has 1 aromatic carbocycles. The van der Waals surface area contributed by atoms with E-state index in [1.807, 2.05) is 0 Å². The Labute approximate surface area is 114 Å². The standard InChI is InChI=1S/C13H11ClN2O3/c1-19-11-4-2-3-8(12(11)17)13(18)16-10-7-15-6-5-9(10)14/h2-7,17H,1H3,(H,16,18). The van der Waals surface area contributed by atoms with Crippen LogP contribution in [0.5, 0.6) is 11.5 Å². The number of aromatic nitrogens is 1. The van der Waals surface area contributed by atoms with Crippen LogP contribution in [0.1, 0.15) is 10.4 Å². The van der Waals surface area contributed by atoms with Gasteiger partial charge in [-0.15, -0.1) is 0 Å². The van der Waals surface area contributed by atoms with E-state index in [0.717, 1.165) is 0 Å². The van der Waals surface area contributed by atoms with Crippen LogP contribution in [0.15, 0.2) is 36.7 Å². The summed E-state index contributed by atoms with van der Waals surface area (Å²) in [5.74, 6) is -0.487. The zero-order valence-electron chi connectivity index (χ0n) is 10.1. The third-order valence-corrected chi connectivity index (χ3v) is 2.81. The quantitative estimate of drug-likeness (QED) is 0.905. The Balaban J connectivity index is 2.28. The van der Waals surface area contributed by atoms with Gasteiger partial charge in [0.1, 0.15) is 0 Å². The van der Waals surface area contributed by atoms with Gasteiger partial charge in [0.25, 0.3) is 5.91 Å². The number of halogens is 1. The van der Waals surface area contributed by atoms with Gasteiger partial charge in [0.15, 0.2) is 11.5 Å². The summed E-state index contributed by atoms with van der Waals surface area (Å²) >= 11 is 5.91. The molecule has 0 bridgehead atoms. The van der Waals surface area contributed by atoms with E-state index in [9.17, 15) is 9.90 Å². The van der Waals surface area contributed by atoms with Crippen LogP contribution in [0.3, 0.4) is 0 Å². The number of carbonyl (C=O) groups is 1. The van der Waals surface area contributed by atoms with Crippen molar-refractivity contribution in [1.82, 2.24) is 4.98 Å². The summed E-state index contributed by atoms with van der Waals surface area (Å²) in [5, 5.41) is 12.8. The highest BCUT2D eigenvalue weighted by Crippen LogP contribution is 2.30. The fourth-order valence-electron chi connectivity index (χ4n) is 1.53. The second-order valence-electron chi connectivity index (χ2n) is 3.67. The monoisotopic (exact) mass is 278 g/mol. The zero-order chi connectivity index (χ0) is 13.8. The maximum absolute atomic E-state index is 12.0. The summed E-state index contributed by atoms with van der Waals surface area (Å²) in [6.45, 7) is 0. The third-order valence-electron chi connectivity index (χ3n) is 2.48. The predicted molar refractivity (Wildman–Crippen MR) is 71.9 cm³/mol. The Morgan fingerprint density at radius 3 is 2.89 bits per heavy atom. The molecule has 98 valence electrons. The van der Waals surface area contributed by atoms with Gasteiger partial charge in [0.05, 0.1) is 29.6 Å². The number of rotatable bonds is 3. The topological polar surface area (TPSA) is 71.5 Å². The van der Waals surface area contributed by atoms with Gasteiger partial charge in [0.2, 0.25) is 0 Å². The first-order chi connectivity index (χ1) is 9.13. The van der Waals surface area contributed by atoms with Crippen LogP contribution in [0.4, 0.5) is 5.69 Å². The molecule has 1 amide bonds. The highest BCUT2D eigenvalue weighted by atomic mass is 35.5. The minimum absolute atomic E-state index is 0.0965. The molecule has 0 spiro atoms. The van der Waals surface area contributed by atoms with Crippen molar-refractivity contribution in [3.63, 3.8) is 0 Å². The van der Waals surface area contributed by atoms with E-state index in [0.29, 0.717) is 10.7 Å². The Kier molecular flexibility index (Phi) is 3.87. The predicted octanol–water partition coefficient (Wildman–Crippen LogP) is 2.70. The van der Waals surface area contributed by atoms with E-state index < -0.39 is 5.91 Å². The molecule has 0 radical (unpaired) electrons. The van der Waals surface area contributed by atoms with Crippen LogP contribution in [0.2, 0.25) is 5.02 Å². The molecule has 0 saturated heterocycles. The molecule has 0 aliphatic carbocycles. The molecule has 6 heteroatoms. The molecular weight excluding hydrogens is 268 g/mol. The van der Waals surface area contributed by atoms with Crippen molar-refractivity contribution in [2.75, 3.05) is 12.4 Å². The third kappa shape index (κ3) is 2.77. The molecule has 1 aromatic heterocycles. The molecule has 0 aliphatic heterocycles. The van der Waals surface area contributed by atoms with Crippen molar-refractivity contribution in [2.24, 2.45) is 0 Å². The Bertz CT molecular complexity index is 617. The molecule has 2 aromatic rings. The number of hydrogen-bond acceptors (Lipinski definition) is 4. The van der Waals surface area contributed by atoms with Crippen molar-refractivity contribution < 1.29 is 14.6 Å². The van der Waals surface area contributed by atoms with Crippen LogP contribution >= 0.6 is 11.6 Å². The summed E-state index contributed by atoms with van der Waals surface area (Å²) in [7, 11) is 1.41. The van der Waals surface area contributed by atoms with Crippen molar-refractivity contribution >= 4 is 23.2 Å². The van der Waals surface area contributed by atoms with E-state index >= 15 is 0 Å². The number of benzene rings is 1. The largest absolute Gasteiger partial charge is 0.504 e. The molecule has 0 unspecified atom stereocenters. The highest BCUT2D eigenvalue weighted by molar-refractivity contribution is 6.33. The SMILES string of the molecule is COc1cccc(C(=O)Nc2cnccc2Cl)c1O. The maximum atomic E-state index is 12.0. The molecule has 0 saturated carbocycles. The van der Waals surface area contributed by atoms with Gasteiger partial charge in [-0.25, -0.2) is 0 Å². The number of ether oxygens (including phenoxy) is 1. The Morgan fingerprint density at radius 1 is 1.42 bits per heavy atom. The van der Waals surface area contributed by atoms with Crippen molar-refractivity contribution in [3.05, 3.63) is 47.2 Å². The number of anilines is 1. The first-order valence-electron chi connectivity index (χ1n) is 5.40. The summed E-state index contributed by atoms with van der Waals surface area (Å²) in [4.78, 5) is 15.9. The summed E-state index contributed by atoms with van der Waals surface area (Å²) < 4.78 is 4.94. The highest BCUT2D eigenvalue weighted by Gasteiger charge is 2.15. The number of pyridine rings is 1. The number of nitrogens with zero attached hydrogens (tertiary/aromatic N) is 1. The number of amides is 1. The van der Waals surface area contributed by atoms with E-state index in [-0.39, 0.29) is 17.1 Å². The summed E-state index contributed by atoms with van der Waals surface area (Å²) in [5.41, 5.74) is 0.468. The molecule has 0 aliphatic rings. The van der Waals surface area contributed by atoms with Gasteiger partial charge < -0.3 is 15.2 Å². The van der Waals surface area contributed by atoms with Crippen LogP contribution in [-0.4, -0.2) is 23.1 Å². The second kappa shape index (κ2) is 5.58. The molecule has 5 nitrogen and oxygen atoms in total. The number of aromatic hydroxyl groups is 1. The lowest BCUT2D eigenvalue weighted by molar-refractivity contribution is 0.102. The average Bonchev–Trinajstić information content (AvgIpc) is 2.41. The number of carbonyl (C=O) groups excluding carboxylic acids is 1. The van der Waals surface area contributed by atoms with Gasteiger partial charge >= 0.3 is 0 Å². The number of hydrogen-bond donors (Lipinski definition) is 2. The lowest BCUT2D eigenvalue weighted by Crippen LogP contribution is -2.12. The Morgan fingerprint density at radius 2 is 2.21 bits per heavy atom. The van der Waals surface area contributed by atoms with Crippen molar-refractivity contribution in [2.45, 2.75) is 0 Å². The fourth-order valence-corrected chi connectivity index (χ4v) is 1.68. The van der Waals surface area contributed by atoms with E-state index in [4.69, 9.17) is 16.3 Å². The van der Waals surface area contributed by atoms with E-state index in [1.165, 1.54) is 25.6 Å². The number of nitrogens with one attached hydrogen (secondary N) is 1. The Hall–Kier alpha value is -2.27. The van der Waals surface area contributed by atoms with Crippen LogP contribution in [0, 0.1) is 0 Å². The van der Waals surface area contributed by atoms with E-state index in [2.05, 4.69) is 10.3 Å². The first-order valence-corrected chi connectivity index (χ1v) is 5.78. The fraction of sp³-hybridized carbons (Fsp3) is 0.0769. The zero-order valence-corrected chi connectivity index (χ0v) is 10.8. The molecule has 19 heavy (non-hydrogen) atoms. The lowest BCUT2D eigenvalue weighted by Gasteiger charge is -2.09. The second-order valence-corrected chi connectivity index (χ2v) is 4.07. The molecule has 0 atom stereocenters. The van der Waals surface area contributed by atoms with Gasteiger partial charge in [-0.1, -0.05) is 17.7 Å². The molecule has 1 heterocycles. The average molecular weight is 279 g/mol. The van der Waals surface area contributed by atoms with Crippen LogP contribution in [-0.2, 0) is 0 Å². The molecule has 2 rings (SSSR count). The minimum Gasteiger partial charge on any atom is -0.504 e. The summed E-state index contributed by atoms with van der Waals surface area (Å²) in [6, 6.07) is 6.21. The minimum atomic E-state index is -0.494. The van der Waals surface area contributed by atoms with Crippen molar-refractivity contribution in [3.8, 4) is 11.5 Å². The van der Waals surface area contributed by atoms with Gasteiger partial charge in [-0.2, -0.15) is 0 Å². The molecule has 0 fully saturated rings. The smallest absolute Gasteiger partial charge is 0.259 e. The number of phenols is 1. The number of para-hydroxylation sites is 1. The molecular formula is C13H11ClN2O3. The van der Waals surface area contributed by atoms with Crippen LogP contribution in [0.25, 0.3) is 0 Å². The van der Waals surface area contributed by atoms with Crippen molar-refractivity contribution in [1.29, 1.82) is 0 Å². The number of phenolic OH excluding ortho intramolecular Hbond substituents is 1. The van der Waals surface area contributed by atoms with Gasteiger partial charge in [0, 0.05) is 6.20 Å².